The van der Waals surface area contributed by atoms with E-state index in [0.717, 1.165) is 27.7 Å². The Morgan fingerprint density at radius 1 is 1.04 bits per heavy atom. The van der Waals surface area contributed by atoms with Crippen molar-refractivity contribution >= 4 is 16.7 Å². The zero-order valence-corrected chi connectivity index (χ0v) is 13.8. The predicted molar refractivity (Wildman–Crippen MR) is 95.8 cm³/mol. The van der Waals surface area contributed by atoms with Gasteiger partial charge in [0, 0.05) is 24.0 Å². The number of hydrogen-bond acceptors (Lipinski definition) is 2. The van der Waals surface area contributed by atoms with Gasteiger partial charge in [-0.2, -0.15) is 0 Å². The second kappa shape index (κ2) is 6.39. The molecule has 0 aliphatic heterocycles. The van der Waals surface area contributed by atoms with E-state index in [2.05, 4.69) is 41.9 Å². The highest BCUT2D eigenvalue weighted by Crippen LogP contribution is 2.33. The molecular formula is C20H22N2O. The van der Waals surface area contributed by atoms with Gasteiger partial charge in [-0.25, -0.2) is 0 Å². The molecule has 0 amide bonds. The highest BCUT2D eigenvalue weighted by Gasteiger charge is 2.21. The molecule has 1 aromatic heterocycles. The maximum absolute atomic E-state index is 12.9. The average molecular weight is 306 g/mol. The van der Waals surface area contributed by atoms with E-state index in [0.29, 0.717) is 6.54 Å². The molecule has 0 spiro atoms. The van der Waals surface area contributed by atoms with Gasteiger partial charge < -0.3 is 9.88 Å². The number of ketones is 1. The molecule has 3 nitrogen and oxygen atoms in total. The van der Waals surface area contributed by atoms with E-state index in [1.54, 1.807) is 0 Å². The van der Waals surface area contributed by atoms with Crippen LogP contribution in [0.3, 0.4) is 0 Å². The van der Waals surface area contributed by atoms with Gasteiger partial charge in [0.25, 0.3) is 0 Å². The van der Waals surface area contributed by atoms with Gasteiger partial charge >= 0.3 is 0 Å². The normalized spacial score (nSPS) is 11.3. The number of aryl methyl sites for hydroxylation is 1. The molecule has 0 aliphatic carbocycles. The minimum Gasteiger partial charge on any atom is -0.343 e. The van der Waals surface area contributed by atoms with Gasteiger partial charge in [-0.05, 0) is 11.6 Å². The Hall–Kier alpha value is -2.39. The first kappa shape index (κ1) is 15.5. The van der Waals surface area contributed by atoms with Crippen LogP contribution in [0.5, 0.6) is 0 Å². The maximum atomic E-state index is 12.9. The van der Waals surface area contributed by atoms with E-state index in [4.69, 9.17) is 0 Å². The molecule has 3 aromatic rings. The number of para-hydroxylation sites is 1. The molecule has 0 saturated carbocycles. The van der Waals surface area contributed by atoms with Gasteiger partial charge in [0.05, 0.1) is 17.8 Å². The Labute approximate surface area is 136 Å². The van der Waals surface area contributed by atoms with Gasteiger partial charge in [0.2, 0.25) is 0 Å². The number of benzene rings is 2. The molecule has 2 aromatic carbocycles. The third kappa shape index (κ3) is 2.92. The van der Waals surface area contributed by atoms with Crippen molar-refractivity contribution in [1.29, 1.82) is 0 Å². The minimum absolute atomic E-state index is 0.134. The van der Waals surface area contributed by atoms with E-state index in [1.807, 2.05) is 43.4 Å². The fourth-order valence-electron chi connectivity index (χ4n) is 2.99. The number of nitrogens with zero attached hydrogens (tertiary/aromatic N) is 1. The SMILES string of the molecule is CC(C)NCC(=O)c1c(-c2ccccc2)n(C)c2ccccc12. The number of fused-ring (bicyclic) bond motifs is 1. The van der Waals surface area contributed by atoms with E-state index >= 15 is 0 Å². The molecule has 3 rings (SSSR count). The summed E-state index contributed by atoms with van der Waals surface area (Å²) in [6.07, 6.45) is 0. The molecule has 118 valence electrons. The van der Waals surface area contributed by atoms with Crippen LogP contribution in [0.25, 0.3) is 22.2 Å². The summed E-state index contributed by atoms with van der Waals surface area (Å²) in [6, 6.07) is 18.5. The monoisotopic (exact) mass is 306 g/mol. The van der Waals surface area contributed by atoms with Crippen LogP contribution < -0.4 is 5.32 Å². The van der Waals surface area contributed by atoms with Crippen LogP contribution in [-0.2, 0) is 7.05 Å². The molecule has 0 fully saturated rings. The topological polar surface area (TPSA) is 34.0 Å². The second-order valence-corrected chi connectivity index (χ2v) is 6.12. The molecule has 0 saturated heterocycles. The zero-order valence-electron chi connectivity index (χ0n) is 13.8. The summed E-state index contributed by atoms with van der Waals surface area (Å²) in [4.78, 5) is 12.9. The summed E-state index contributed by atoms with van der Waals surface area (Å²) >= 11 is 0. The maximum Gasteiger partial charge on any atom is 0.179 e. The number of nitrogens with one attached hydrogen (secondary N) is 1. The summed E-state index contributed by atoms with van der Waals surface area (Å²) < 4.78 is 2.12. The Balaban J connectivity index is 2.20. The lowest BCUT2D eigenvalue weighted by Gasteiger charge is -2.10. The molecule has 0 bridgehead atoms. The Morgan fingerprint density at radius 2 is 1.70 bits per heavy atom. The van der Waals surface area contributed by atoms with E-state index < -0.39 is 0 Å². The first-order chi connectivity index (χ1) is 11.1. The summed E-state index contributed by atoms with van der Waals surface area (Å²) in [5, 5.41) is 4.26. The summed E-state index contributed by atoms with van der Waals surface area (Å²) in [7, 11) is 2.03. The molecular weight excluding hydrogens is 284 g/mol. The number of carbonyl (C=O) groups excluding carboxylic acids is 1. The lowest BCUT2D eigenvalue weighted by molar-refractivity contribution is 0.0990. The van der Waals surface area contributed by atoms with Gasteiger partial charge in [-0.15, -0.1) is 0 Å². The predicted octanol–water partition coefficient (Wildman–Crippen LogP) is 4.03. The van der Waals surface area contributed by atoms with Crippen molar-refractivity contribution in [2.45, 2.75) is 19.9 Å². The number of carbonyl (C=O) groups is 1. The van der Waals surface area contributed by atoms with Crippen molar-refractivity contribution in [2.75, 3.05) is 6.54 Å². The Morgan fingerprint density at radius 3 is 2.39 bits per heavy atom. The fourth-order valence-corrected chi connectivity index (χ4v) is 2.99. The Kier molecular flexibility index (Phi) is 4.30. The van der Waals surface area contributed by atoms with Gasteiger partial charge in [0.1, 0.15) is 0 Å². The molecule has 1 heterocycles. The van der Waals surface area contributed by atoms with Crippen LogP contribution in [0.4, 0.5) is 0 Å². The average Bonchev–Trinajstić information content (AvgIpc) is 2.87. The van der Waals surface area contributed by atoms with E-state index in [-0.39, 0.29) is 11.8 Å². The molecule has 0 radical (unpaired) electrons. The number of rotatable bonds is 5. The second-order valence-electron chi connectivity index (χ2n) is 6.12. The highest BCUT2D eigenvalue weighted by molar-refractivity contribution is 6.14. The van der Waals surface area contributed by atoms with Gasteiger partial charge in [-0.1, -0.05) is 62.4 Å². The van der Waals surface area contributed by atoms with Crippen LogP contribution in [0.1, 0.15) is 24.2 Å². The fraction of sp³-hybridized carbons (Fsp3) is 0.250. The van der Waals surface area contributed by atoms with Crippen molar-refractivity contribution in [3.63, 3.8) is 0 Å². The van der Waals surface area contributed by atoms with Crippen molar-refractivity contribution < 1.29 is 4.79 Å². The molecule has 0 aliphatic rings. The zero-order chi connectivity index (χ0) is 16.4. The van der Waals surface area contributed by atoms with E-state index in [1.165, 1.54) is 0 Å². The van der Waals surface area contributed by atoms with Crippen molar-refractivity contribution in [3.05, 3.63) is 60.2 Å². The summed E-state index contributed by atoms with van der Waals surface area (Å²) in [6.45, 7) is 4.45. The first-order valence-electron chi connectivity index (χ1n) is 7.99. The first-order valence-corrected chi connectivity index (χ1v) is 7.99. The summed E-state index contributed by atoms with van der Waals surface area (Å²) in [5.41, 5.74) is 3.95. The molecule has 0 atom stereocenters. The van der Waals surface area contributed by atoms with Crippen LogP contribution in [-0.4, -0.2) is 22.9 Å². The number of hydrogen-bond donors (Lipinski definition) is 1. The van der Waals surface area contributed by atoms with E-state index in [9.17, 15) is 4.79 Å². The molecule has 0 unspecified atom stereocenters. The third-order valence-corrected chi connectivity index (χ3v) is 4.10. The lowest BCUT2D eigenvalue weighted by Crippen LogP contribution is -2.29. The molecule has 23 heavy (non-hydrogen) atoms. The van der Waals surface area contributed by atoms with Crippen molar-refractivity contribution in [1.82, 2.24) is 9.88 Å². The van der Waals surface area contributed by atoms with Gasteiger partial charge in [-0.3, -0.25) is 4.79 Å². The lowest BCUT2D eigenvalue weighted by atomic mass is 10.0. The Bertz CT molecular complexity index is 831. The smallest absolute Gasteiger partial charge is 0.179 e. The minimum atomic E-state index is 0.134. The highest BCUT2D eigenvalue weighted by atomic mass is 16.1. The number of aromatic nitrogens is 1. The standard InChI is InChI=1S/C20H22N2O/c1-14(2)21-13-18(23)19-16-11-7-8-12-17(16)22(3)20(19)15-9-5-4-6-10-15/h4-12,14,21H,13H2,1-3H3. The number of Topliss-reactive ketones (excluding diaryl/α,β-unsaturated/α-hetero) is 1. The van der Waals surface area contributed by atoms with Crippen molar-refractivity contribution in [2.24, 2.45) is 7.05 Å². The van der Waals surface area contributed by atoms with Crippen LogP contribution in [0.2, 0.25) is 0 Å². The van der Waals surface area contributed by atoms with Crippen molar-refractivity contribution in [3.8, 4) is 11.3 Å². The quantitative estimate of drug-likeness (QED) is 0.722. The van der Waals surface area contributed by atoms with Crippen LogP contribution in [0.15, 0.2) is 54.6 Å². The molecule has 1 N–H and O–H groups in total. The molecule has 3 heteroatoms. The van der Waals surface area contributed by atoms with Crippen LogP contribution >= 0.6 is 0 Å². The van der Waals surface area contributed by atoms with Gasteiger partial charge in [0.15, 0.2) is 5.78 Å². The third-order valence-electron chi connectivity index (χ3n) is 4.10. The van der Waals surface area contributed by atoms with Crippen LogP contribution in [0, 0.1) is 0 Å². The largest absolute Gasteiger partial charge is 0.343 e. The summed E-state index contributed by atoms with van der Waals surface area (Å²) in [5.74, 6) is 0.134.